The number of primary amides is 1. The Hall–Kier alpha value is -2.24. The zero-order chi connectivity index (χ0) is 15.0. The van der Waals surface area contributed by atoms with Crippen LogP contribution in [0.4, 0.5) is 17.1 Å². The highest BCUT2D eigenvalue weighted by Crippen LogP contribution is 2.35. The van der Waals surface area contributed by atoms with Crippen molar-refractivity contribution in [1.29, 1.82) is 0 Å². The second-order valence-electron chi connectivity index (χ2n) is 5.78. The van der Waals surface area contributed by atoms with Gasteiger partial charge in [-0.05, 0) is 37.0 Å². The predicted molar refractivity (Wildman–Crippen MR) is 81.9 cm³/mol. The third-order valence-corrected chi connectivity index (χ3v) is 4.39. The van der Waals surface area contributed by atoms with Crippen LogP contribution in [-0.2, 0) is 16.0 Å². The minimum atomic E-state index is -0.222. The van der Waals surface area contributed by atoms with Crippen LogP contribution in [0.3, 0.4) is 0 Å². The van der Waals surface area contributed by atoms with Gasteiger partial charge in [0.1, 0.15) is 0 Å². The molecule has 0 unspecified atom stereocenters. The molecule has 5 N–H and O–H groups in total. The van der Waals surface area contributed by atoms with Gasteiger partial charge >= 0.3 is 0 Å². The van der Waals surface area contributed by atoms with Crippen molar-refractivity contribution in [3.05, 3.63) is 17.7 Å². The molecule has 112 valence electrons. The van der Waals surface area contributed by atoms with Crippen LogP contribution >= 0.6 is 0 Å². The van der Waals surface area contributed by atoms with Crippen LogP contribution in [-0.4, -0.2) is 24.9 Å². The van der Waals surface area contributed by atoms with Crippen LogP contribution < -0.4 is 21.7 Å². The quantitative estimate of drug-likeness (QED) is 0.702. The van der Waals surface area contributed by atoms with Crippen molar-refractivity contribution in [2.75, 3.05) is 29.0 Å². The van der Waals surface area contributed by atoms with Gasteiger partial charge in [-0.1, -0.05) is 0 Å². The Kier molecular flexibility index (Phi) is 3.45. The maximum atomic E-state index is 11.5. The number of fused-ring (bicyclic) bond motifs is 1. The van der Waals surface area contributed by atoms with E-state index in [2.05, 4.69) is 10.2 Å². The summed E-state index contributed by atoms with van der Waals surface area (Å²) in [7, 11) is 0. The number of benzene rings is 1. The molecule has 3 rings (SSSR count). The SMILES string of the molecule is NC(=O)C1CCN(c2cc3c(cc2N)CCC(=O)N3)CC1. The number of hydrogen-bond acceptors (Lipinski definition) is 4. The fraction of sp³-hybridized carbons (Fsp3) is 0.467. The molecule has 6 nitrogen and oxygen atoms in total. The van der Waals surface area contributed by atoms with Gasteiger partial charge < -0.3 is 21.7 Å². The molecule has 0 aliphatic carbocycles. The summed E-state index contributed by atoms with van der Waals surface area (Å²) in [4.78, 5) is 24.9. The first kappa shape index (κ1) is 13.7. The van der Waals surface area contributed by atoms with E-state index in [1.807, 2.05) is 12.1 Å². The number of anilines is 3. The standard InChI is InChI=1S/C15H20N4O2/c16-11-7-10-1-2-14(20)18-12(10)8-13(11)19-5-3-9(4-6-19)15(17)21/h7-9H,1-6,16H2,(H2,17,21)(H,18,20). The lowest BCUT2D eigenvalue weighted by molar-refractivity contribution is -0.122. The van der Waals surface area contributed by atoms with Crippen LogP contribution in [0.2, 0.25) is 0 Å². The number of nitrogens with zero attached hydrogens (tertiary/aromatic N) is 1. The van der Waals surface area contributed by atoms with Crippen molar-refractivity contribution in [2.45, 2.75) is 25.7 Å². The highest BCUT2D eigenvalue weighted by molar-refractivity contribution is 5.95. The van der Waals surface area contributed by atoms with Gasteiger partial charge in [-0.15, -0.1) is 0 Å². The second-order valence-corrected chi connectivity index (χ2v) is 5.78. The Labute approximate surface area is 123 Å². The number of nitrogens with one attached hydrogen (secondary N) is 1. The van der Waals surface area contributed by atoms with E-state index in [1.165, 1.54) is 0 Å². The van der Waals surface area contributed by atoms with Crippen molar-refractivity contribution >= 4 is 28.9 Å². The maximum Gasteiger partial charge on any atom is 0.224 e. The first-order chi connectivity index (χ1) is 10.0. The number of piperidine rings is 1. The van der Waals surface area contributed by atoms with Crippen molar-refractivity contribution in [3.63, 3.8) is 0 Å². The zero-order valence-electron chi connectivity index (χ0n) is 11.9. The van der Waals surface area contributed by atoms with Gasteiger partial charge in [0, 0.05) is 31.1 Å². The fourth-order valence-corrected chi connectivity index (χ4v) is 3.12. The molecule has 0 aromatic heterocycles. The minimum absolute atomic E-state index is 0.0418. The van der Waals surface area contributed by atoms with E-state index in [9.17, 15) is 9.59 Å². The highest BCUT2D eigenvalue weighted by Gasteiger charge is 2.25. The Bertz CT molecular complexity index is 592. The average molecular weight is 288 g/mol. The lowest BCUT2D eigenvalue weighted by atomic mass is 9.95. The van der Waals surface area contributed by atoms with Crippen molar-refractivity contribution in [3.8, 4) is 0 Å². The number of nitrogen functional groups attached to an aromatic ring is 1. The molecule has 2 heterocycles. The molecule has 1 fully saturated rings. The molecule has 0 radical (unpaired) electrons. The van der Waals surface area contributed by atoms with E-state index in [0.29, 0.717) is 6.42 Å². The fourth-order valence-electron chi connectivity index (χ4n) is 3.12. The van der Waals surface area contributed by atoms with Crippen LogP contribution in [0.1, 0.15) is 24.8 Å². The van der Waals surface area contributed by atoms with Crippen LogP contribution in [0.5, 0.6) is 0 Å². The number of nitrogens with two attached hydrogens (primary N) is 2. The summed E-state index contributed by atoms with van der Waals surface area (Å²) < 4.78 is 0. The molecule has 2 aliphatic heterocycles. The molecule has 2 amide bonds. The number of aryl methyl sites for hydroxylation is 1. The lowest BCUT2D eigenvalue weighted by Crippen LogP contribution is -2.39. The Balaban J connectivity index is 1.81. The summed E-state index contributed by atoms with van der Waals surface area (Å²) in [5, 5.41) is 2.90. The Morgan fingerprint density at radius 1 is 1.24 bits per heavy atom. The summed E-state index contributed by atoms with van der Waals surface area (Å²) >= 11 is 0. The van der Waals surface area contributed by atoms with E-state index >= 15 is 0 Å². The number of carbonyl (C=O) groups is 2. The van der Waals surface area contributed by atoms with E-state index in [4.69, 9.17) is 11.5 Å². The summed E-state index contributed by atoms with van der Waals surface area (Å²) in [5.41, 5.74) is 15.1. The van der Waals surface area contributed by atoms with Gasteiger partial charge in [0.05, 0.1) is 11.4 Å². The molecule has 6 heteroatoms. The van der Waals surface area contributed by atoms with Gasteiger partial charge in [-0.3, -0.25) is 9.59 Å². The summed E-state index contributed by atoms with van der Waals surface area (Å²) in [6.45, 7) is 1.51. The Morgan fingerprint density at radius 3 is 2.62 bits per heavy atom. The first-order valence-corrected chi connectivity index (χ1v) is 7.31. The second kappa shape index (κ2) is 5.27. The molecule has 1 aromatic rings. The van der Waals surface area contributed by atoms with Gasteiger partial charge in [0.15, 0.2) is 0 Å². The summed E-state index contributed by atoms with van der Waals surface area (Å²) in [6, 6.07) is 3.90. The molecule has 0 saturated carbocycles. The first-order valence-electron chi connectivity index (χ1n) is 7.31. The molecule has 1 saturated heterocycles. The van der Waals surface area contributed by atoms with Gasteiger partial charge in [0.25, 0.3) is 0 Å². The number of carbonyl (C=O) groups excluding carboxylic acids is 2. The summed E-state index contributed by atoms with van der Waals surface area (Å²) in [5.74, 6) is -0.217. The van der Waals surface area contributed by atoms with Crippen LogP contribution in [0.25, 0.3) is 0 Å². The molecular weight excluding hydrogens is 268 g/mol. The van der Waals surface area contributed by atoms with Crippen molar-refractivity contribution in [1.82, 2.24) is 0 Å². The van der Waals surface area contributed by atoms with E-state index in [1.54, 1.807) is 0 Å². The molecule has 21 heavy (non-hydrogen) atoms. The van der Waals surface area contributed by atoms with Crippen LogP contribution in [0, 0.1) is 5.92 Å². The molecule has 1 aromatic carbocycles. The number of rotatable bonds is 2. The summed E-state index contributed by atoms with van der Waals surface area (Å²) in [6.07, 6.45) is 2.74. The molecule has 0 spiro atoms. The zero-order valence-corrected chi connectivity index (χ0v) is 11.9. The van der Waals surface area contributed by atoms with Crippen molar-refractivity contribution in [2.24, 2.45) is 11.7 Å². The van der Waals surface area contributed by atoms with Gasteiger partial charge in [-0.2, -0.15) is 0 Å². The van der Waals surface area contributed by atoms with Crippen molar-refractivity contribution < 1.29 is 9.59 Å². The van der Waals surface area contributed by atoms with Gasteiger partial charge in [-0.25, -0.2) is 0 Å². The monoisotopic (exact) mass is 288 g/mol. The predicted octanol–water partition coefficient (Wildman–Crippen LogP) is 0.855. The van der Waals surface area contributed by atoms with E-state index in [0.717, 1.165) is 55.0 Å². The largest absolute Gasteiger partial charge is 0.397 e. The molecule has 0 bridgehead atoms. The minimum Gasteiger partial charge on any atom is -0.397 e. The third kappa shape index (κ3) is 2.66. The van der Waals surface area contributed by atoms with E-state index < -0.39 is 0 Å². The third-order valence-electron chi connectivity index (χ3n) is 4.39. The smallest absolute Gasteiger partial charge is 0.224 e. The molecule has 0 atom stereocenters. The number of hydrogen-bond donors (Lipinski definition) is 3. The molecule has 2 aliphatic rings. The topological polar surface area (TPSA) is 101 Å². The van der Waals surface area contributed by atoms with Gasteiger partial charge in [0.2, 0.25) is 11.8 Å². The normalized spacial score (nSPS) is 19.0. The van der Waals surface area contributed by atoms with E-state index in [-0.39, 0.29) is 17.7 Å². The number of amides is 2. The lowest BCUT2D eigenvalue weighted by Gasteiger charge is -2.34. The highest BCUT2D eigenvalue weighted by atomic mass is 16.2. The Morgan fingerprint density at radius 2 is 1.95 bits per heavy atom. The average Bonchev–Trinajstić information content (AvgIpc) is 2.47. The van der Waals surface area contributed by atoms with Crippen LogP contribution in [0.15, 0.2) is 12.1 Å². The molecular formula is C15H20N4O2. The maximum absolute atomic E-state index is 11.5.